The number of thioether (sulfide) groups is 1. The van der Waals surface area contributed by atoms with E-state index in [0.29, 0.717) is 11.3 Å². The van der Waals surface area contributed by atoms with Crippen LogP contribution in [0.25, 0.3) is 0 Å². The first-order valence-electron chi connectivity index (χ1n) is 9.54. The third kappa shape index (κ3) is 5.40. The Bertz CT molecular complexity index is 1240. The Morgan fingerprint density at radius 3 is 2.81 bits per heavy atom. The number of aromatic amines is 1. The number of H-pyrrole nitrogens is 1. The zero-order valence-electron chi connectivity index (χ0n) is 17.5. The molecule has 31 heavy (non-hydrogen) atoms. The van der Waals surface area contributed by atoms with Crippen LogP contribution in [0.2, 0.25) is 0 Å². The van der Waals surface area contributed by atoms with Crippen molar-refractivity contribution in [3.05, 3.63) is 80.0 Å². The number of nitrogens with zero attached hydrogens (tertiary/aromatic N) is 3. The van der Waals surface area contributed by atoms with Crippen molar-refractivity contribution < 1.29 is 9.21 Å². The zero-order valence-corrected chi connectivity index (χ0v) is 18.3. The minimum Gasteiger partial charge on any atom is -0.416 e. The van der Waals surface area contributed by atoms with E-state index in [1.807, 2.05) is 32.0 Å². The average Bonchev–Trinajstić information content (AvgIpc) is 3.17. The smallest absolute Gasteiger partial charge is 0.328 e. The fraction of sp³-hybridized carbons (Fsp3) is 0.286. The third-order valence-electron chi connectivity index (χ3n) is 4.58. The van der Waals surface area contributed by atoms with Crippen molar-refractivity contribution in [2.24, 2.45) is 0 Å². The van der Waals surface area contributed by atoms with Crippen LogP contribution < -0.4 is 16.6 Å². The van der Waals surface area contributed by atoms with E-state index in [0.717, 1.165) is 33.1 Å². The molecule has 0 aliphatic carbocycles. The normalized spacial score (nSPS) is 10.8. The van der Waals surface area contributed by atoms with Crippen molar-refractivity contribution >= 4 is 23.4 Å². The highest BCUT2D eigenvalue weighted by Gasteiger charge is 2.16. The molecule has 0 aliphatic rings. The van der Waals surface area contributed by atoms with E-state index in [2.05, 4.69) is 27.1 Å². The van der Waals surface area contributed by atoms with Crippen LogP contribution >= 0.6 is 11.8 Å². The molecule has 0 fully saturated rings. The van der Waals surface area contributed by atoms with Gasteiger partial charge in [0.1, 0.15) is 0 Å². The lowest BCUT2D eigenvalue weighted by Crippen LogP contribution is -2.37. The first kappa shape index (κ1) is 22.3. The predicted octanol–water partition coefficient (Wildman–Crippen LogP) is 2.35. The number of benzene rings is 1. The standard InChI is InChI=1S/C21H23N5O4S/c1-5-8-26-19(28)15(14(4)22-20(26)29)10-18-24-25-21(30-18)31-11-17(27)23-16-9-12(2)6-7-13(16)3/h5-7,9H,1,8,10-11H2,2-4H3,(H,22,29)(H,23,27). The van der Waals surface area contributed by atoms with Crippen LogP contribution in [0.15, 0.2) is 50.1 Å². The van der Waals surface area contributed by atoms with Crippen molar-refractivity contribution in [3.63, 3.8) is 0 Å². The van der Waals surface area contributed by atoms with E-state index < -0.39 is 11.2 Å². The highest BCUT2D eigenvalue weighted by molar-refractivity contribution is 7.99. The molecule has 0 radical (unpaired) electrons. The minimum absolute atomic E-state index is 0.0703. The molecule has 3 aromatic rings. The molecular weight excluding hydrogens is 418 g/mol. The Morgan fingerprint density at radius 2 is 2.06 bits per heavy atom. The molecule has 0 atom stereocenters. The third-order valence-corrected chi connectivity index (χ3v) is 5.40. The SMILES string of the molecule is C=CCn1c(=O)[nH]c(C)c(Cc2nnc(SCC(=O)Nc3cc(C)ccc3C)o2)c1=O. The number of anilines is 1. The maximum Gasteiger partial charge on any atom is 0.328 e. The second kappa shape index (κ2) is 9.61. The number of aromatic nitrogens is 4. The number of allylic oxidation sites excluding steroid dienone is 1. The van der Waals surface area contributed by atoms with Gasteiger partial charge in [-0.3, -0.25) is 14.2 Å². The topological polar surface area (TPSA) is 123 Å². The van der Waals surface area contributed by atoms with Crippen molar-refractivity contribution in [1.29, 1.82) is 0 Å². The monoisotopic (exact) mass is 441 g/mol. The first-order chi connectivity index (χ1) is 14.8. The van der Waals surface area contributed by atoms with Crippen LogP contribution in [-0.2, 0) is 17.8 Å². The molecule has 2 aromatic heterocycles. The fourth-order valence-electron chi connectivity index (χ4n) is 2.93. The van der Waals surface area contributed by atoms with Gasteiger partial charge >= 0.3 is 5.69 Å². The molecule has 3 rings (SSSR count). The van der Waals surface area contributed by atoms with Gasteiger partial charge in [0.15, 0.2) is 0 Å². The summed E-state index contributed by atoms with van der Waals surface area (Å²) in [4.78, 5) is 39.4. The molecule has 0 unspecified atom stereocenters. The summed E-state index contributed by atoms with van der Waals surface area (Å²) in [5, 5.41) is 11.0. The number of aryl methyl sites for hydroxylation is 3. The number of hydrogen-bond donors (Lipinski definition) is 2. The average molecular weight is 442 g/mol. The number of amides is 1. The Balaban J connectivity index is 1.66. The summed E-state index contributed by atoms with van der Waals surface area (Å²) in [7, 11) is 0. The summed E-state index contributed by atoms with van der Waals surface area (Å²) < 4.78 is 6.63. The summed E-state index contributed by atoms with van der Waals surface area (Å²) >= 11 is 1.10. The predicted molar refractivity (Wildman–Crippen MR) is 119 cm³/mol. The Labute approximate surface area is 182 Å². The van der Waals surface area contributed by atoms with Crippen LogP contribution in [0.3, 0.4) is 0 Å². The van der Waals surface area contributed by atoms with E-state index in [9.17, 15) is 14.4 Å². The van der Waals surface area contributed by atoms with Gasteiger partial charge < -0.3 is 14.7 Å². The summed E-state index contributed by atoms with van der Waals surface area (Å²) in [6, 6.07) is 5.84. The molecule has 9 nitrogen and oxygen atoms in total. The van der Waals surface area contributed by atoms with E-state index >= 15 is 0 Å². The number of carbonyl (C=O) groups is 1. The molecule has 2 heterocycles. The van der Waals surface area contributed by atoms with Crippen LogP contribution in [0.1, 0.15) is 28.3 Å². The lowest BCUT2D eigenvalue weighted by atomic mass is 10.1. The Kier molecular flexibility index (Phi) is 6.91. The van der Waals surface area contributed by atoms with E-state index in [1.165, 1.54) is 6.08 Å². The molecule has 162 valence electrons. The van der Waals surface area contributed by atoms with Gasteiger partial charge in [0.25, 0.3) is 10.8 Å². The van der Waals surface area contributed by atoms with Crippen molar-refractivity contribution in [2.75, 3.05) is 11.1 Å². The lowest BCUT2D eigenvalue weighted by molar-refractivity contribution is -0.113. The molecule has 0 aliphatic heterocycles. The molecule has 0 bridgehead atoms. The molecule has 0 saturated carbocycles. The Hall–Kier alpha value is -3.40. The molecule has 0 saturated heterocycles. The number of hydrogen-bond acceptors (Lipinski definition) is 7. The van der Waals surface area contributed by atoms with Gasteiger partial charge in [0, 0.05) is 23.5 Å². The minimum atomic E-state index is -0.497. The van der Waals surface area contributed by atoms with E-state index in [4.69, 9.17) is 4.42 Å². The second-order valence-electron chi connectivity index (χ2n) is 7.03. The van der Waals surface area contributed by atoms with Crippen LogP contribution in [0.5, 0.6) is 0 Å². The molecule has 1 aromatic carbocycles. The summed E-state index contributed by atoms with van der Waals surface area (Å²) in [5.74, 6) is 0.121. The molecule has 0 spiro atoms. The van der Waals surface area contributed by atoms with Gasteiger partial charge in [-0.1, -0.05) is 30.0 Å². The molecule has 1 amide bonds. The zero-order chi connectivity index (χ0) is 22.5. The largest absolute Gasteiger partial charge is 0.416 e. The number of rotatable bonds is 8. The Morgan fingerprint density at radius 1 is 1.29 bits per heavy atom. The molecule has 2 N–H and O–H groups in total. The maximum absolute atomic E-state index is 12.6. The van der Waals surface area contributed by atoms with Crippen LogP contribution in [-0.4, -0.2) is 31.4 Å². The van der Waals surface area contributed by atoms with Gasteiger partial charge in [-0.05, 0) is 38.0 Å². The number of carbonyl (C=O) groups excluding carboxylic acids is 1. The van der Waals surface area contributed by atoms with Crippen molar-refractivity contribution in [2.45, 2.75) is 39.0 Å². The van der Waals surface area contributed by atoms with Crippen LogP contribution in [0.4, 0.5) is 5.69 Å². The van der Waals surface area contributed by atoms with Gasteiger partial charge in [0.2, 0.25) is 11.8 Å². The highest BCUT2D eigenvalue weighted by Crippen LogP contribution is 2.20. The number of nitrogens with one attached hydrogen (secondary N) is 2. The van der Waals surface area contributed by atoms with E-state index in [1.54, 1.807) is 6.92 Å². The van der Waals surface area contributed by atoms with E-state index in [-0.39, 0.29) is 35.7 Å². The van der Waals surface area contributed by atoms with Gasteiger partial charge in [-0.2, -0.15) is 0 Å². The summed E-state index contributed by atoms with van der Waals surface area (Å²) in [6.45, 7) is 9.18. The van der Waals surface area contributed by atoms with Crippen molar-refractivity contribution in [3.8, 4) is 0 Å². The first-order valence-corrected chi connectivity index (χ1v) is 10.5. The quantitative estimate of drug-likeness (QED) is 0.406. The van der Waals surface area contributed by atoms with Gasteiger partial charge in [-0.25, -0.2) is 4.79 Å². The maximum atomic E-state index is 12.6. The molecular formula is C21H23N5O4S. The van der Waals surface area contributed by atoms with Crippen LogP contribution in [0, 0.1) is 20.8 Å². The second-order valence-corrected chi connectivity index (χ2v) is 7.96. The lowest BCUT2D eigenvalue weighted by Gasteiger charge is -2.08. The van der Waals surface area contributed by atoms with Gasteiger partial charge in [0.05, 0.1) is 12.2 Å². The summed E-state index contributed by atoms with van der Waals surface area (Å²) in [6.07, 6.45) is 1.54. The van der Waals surface area contributed by atoms with Gasteiger partial charge in [-0.15, -0.1) is 16.8 Å². The van der Waals surface area contributed by atoms with Crippen molar-refractivity contribution in [1.82, 2.24) is 19.7 Å². The fourth-order valence-corrected chi connectivity index (χ4v) is 3.51. The highest BCUT2D eigenvalue weighted by atomic mass is 32.2. The summed E-state index contributed by atoms with van der Waals surface area (Å²) in [5.41, 5.74) is 2.66. The molecule has 10 heteroatoms.